The van der Waals surface area contributed by atoms with E-state index in [1.54, 1.807) is 6.07 Å². The normalized spacial score (nSPS) is 21.8. The van der Waals surface area contributed by atoms with Gasteiger partial charge in [0.1, 0.15) is 6.04 Å². The average molecular weight is 275 g/mol. The number of aryl methyl sites for hydroxylation is 1. The van der Waals surface area contributed by atoms with Crippen LogP contribution in [0.2, 0.25) is 0 Å². The average Bonchev–Trinajstić information content (AvgIpc) is 2.48. The van der Waals surface area contributed by atoms with Crippen LogP contribution >= 0.6 is 0 Å². The van der Waals surface area contributed by atoms with E-state index in [0.717, 1.165) is 16.9 Å². The summed E-state index contributed by atoms with van der Waals surface area (Å²) < 4.78 is 5.27. The highest BCUT2D eigenvalue weighted by Gasteiger charge is 2.22. The topological polar surface area (TPSA) is 79.5 Å². The smallest absolute Gasteiger partial charge is 0.243 e. The number of fused-ring (bicyclic) bond motifs is 1. The Morgan fingerprint density at radius 1 is 1.35 bits per heavy atom. The predicted molar refractivity (Wildman–Crippen MR) is 74.6 cm³/mol. The van der Waals surface area contributed by atoms with Gasteiger partial charge in [0.15, 0.2) is 0 Å². The number of hydrogen-bond donors (Lipinski definition) is 3. The number of rotatable bonds is 2. The van der Waals surface area contributed by atoms with Gasteiger partial charge in [-0.2, -0.15) is 0 Å². The Bertz CT molecular complexity index is 538. The summed E-state index contributed by atoms with van der Waals surface area (Å²) in [5, 5.41) is 8.81. The highest BCUT2D eigenvalue weighted by atomic mass is 16.5. The van der Waals surface area contributed by atoms with Crippen LogP contribution in [0.25, 0.3) is 0 Å². The first kappa shape index (κ1) is 13.1. The quantitative estimate of drug-likeness (QED) is 0.734. The van der Waals surface area contributed by atoms with Crippen LogP contribution in [0.1, 0.15) is 12.0 Å². The second kappa shape index (κ2) is 5.60. The molecular formula is C14H17N3O3. The van der Waals surface area contributed by atoms with Crippen LogP contribution < -0.4 is 16.0 Å². The van der Waals surface area contributed by atoms with Crippen LogP contribution in [0.3, 0.4) is 0 Å². The van der Waals surface area contributed by atoms with Crippen molar-refractivity contribution in [2.24, 2.45) is 0 Å². The molecule has 1 saturated heterocycles. The molecule has 6 heteroatoms. The van der Waals surface area contributed by atoms with Gasteiger partial charge in [-0.25, -0.2) is 0 Å². The fraction of sp³-hybridized carbons (Fsp3) is 0.429. The number of carbonyl (C=O) groups excluding carboxylic acids is 2. The molecule has 20 heavy (non-hydrogen) atoms. The second-order valence-corrected chi connectivity index (χ2v) is 4.99. The Balaban J connectivity index is 1.68. The van der Waals surface area contributed by atoms with Crippen LogP contribution in [0, 0.1) is 0 Å². The van der Waals surface area contributed by atoms with Gasteiger partial charge in [0, 0.05) is 24.3 Å². The van der Waals surface area contributed by atoms with Crippen LogP contribution in [0.4, 0.5) is 11.4 Å². The Kier molecular flexibility index (Phi) is 3.66. The van der Waals surface area contributed by atoms with E-state index in [0.29, 0.717) is 32.6 Å². The first-order valence-electron chi connectivity index (χ1n) is 6.77. The molecule has 1 unspecified atom stereocenters. The van der Waals surface area contributed by atoms with E-state index in [1.807, 2.05) is 12.1 Å². The van der Waals surface area contributed by atoms with Gasteiger partial charge in [-0.3, -0.25) is 9.59 Å². The zero-order valence-corrected chi connectivity index (χ0v) is 11.1. The standard InChI is InChI=1S/C14H17N3O3/c18-13-4-1-9-7-10(2-3-11(9)17-13)16-14(19)12-8-20-6-5-15-12/h2-3,7,12,15H,1,4-6,8H2,(H,16,19)(H,17,18). The maximum atomic E-state index is 12.1. The molecule has 3 rings (SSSR count). The summed E-state index contributed by atoms with van der Waals surface area (Å²) >= 11 is 0. The molecule has 0 aliphatic carbocycles. The van der Waals surface area contributed by atoms with E-state index < -0.39 is 0 Å². The minimum absolute atomic E-state index is 0.0397. The zero-order valence-electron chi connectivity index (χ0n) is 11.1. The van der Waals surface area contributed by atoms with Gasteiger partial charge in [0.25, 0.3) is 0 Å². The minimum Gasteiger partial charge on any atom is -0.378 e. The molecule has 2 amide bonds. The number of hydrogen-bond acceptors (Lipinski definition) is 4. The number of benzene rings is 1. The summed E-state index contributed by atoms with van der Waals surface area (Å²) in [4.78, 5) is 23.4. The van der Waals surface area contributed by atoms with Crippen molar-refractivity contribution >= 4 is 23.2 Å². The molecule has 1 aromatic carbocycles. The molecule has 2 aliphatic rings. The number of anilines is 2. The van der Waals surface area contributed by atoms with Crippen molar-refractivity contribution in [2.45, 2.75) is 18.9 Å². The largest absolute Gasteiger partial charge is 0.378 e. The molecule has 3 N–H and O–H groups in total. The monoisotopic (exact) mass is 275 g/mol. The van der Waals surface area contributed by atoms with Gasteiger partial charge in [-0.05, 0) is 30.2 Å². The lowest BCUT2D eigenvalue weighted by molar-refractivity contribution is -0.120. The molecule has 1 aromatic rings. The lowest BCUT2D eigenvalue weighted by Crippen LogP contribution is -2.48. The summed E-state index contributed by atoms with van der Waals surface area (Å²) in [6, 6.07) is 5.23. The van der Waals surface area contributed by atoms with Gasteiger partial charge >= 0.3 is 0 Å². The summed E-state index contributed by atoms with van der Waals surface area (Å²) in [7, 11) is 0. The van der Waals surface area contributed by atoms with Crippen molar-refractivity contribution in [3.63, 3.8) is 0 Å². The van der Waals surface area contributed by atoms with Crippen molar-refractivity contribution in [3.8, 4) is 0 Å². The molecule has 0 aromatic heterocycles. The van der Waals surface area contributed by atoms with Gasteiger partial charge < -0.3 is 20.7 Å². The first-order valence-corrected chi connectivity index (χ1v) is 6.77. The summed E-state index contributed by atoms with van der Waals surface area (Å²) in [5.74, 6) is -0.0534. The van der Waals surface area contributed by atoms with Gasteiger partial charge in [0.05, 0.1) is 13.2 Å². The number of ether oxygens (including phenoxy) is 1. The van der Waals surface area contributed by atoms with E-state index in [2.05, 4.69) is 16.0 Å². The molecule has 0 bridgehead atoms. The highest BCUT2D eigenvalue weighted by molar-refractivity contribution is 5.97. The van der Waals surface area contributed by atoms with Crippen molar-refractivity contribution in [3.05, 3.63) is 23.8 Å². The molecule has 0 saturated carbocycles. The third-order valence-corrected chi connectivity index (χ3v) is 3.51. The molecule has 0 spiro atoms. The first-order chi connectivity index (χ1) is 9.72. The van der Waals surface area contributed by atoms with Crippen molar-refractivity contribution in [1.29, 1.82) is 0 Å². The fourth-order valence-electron chi connectivity index (χ4n) is 2.42. The van der Waals surface area contributed by atoms with Gasteiger partial charge in [-0.1, -0.05) is 0 Å². The SMILES string of the molecule is O=C1CCc2cc(NC(=O)C3COCCN3)ccc2N1. The maximum Gasteiger partial charge on any atom is 0.243 e. The third-order valence-electron chi connectivity index (χ3n) is 3.51. The molecular weight excluding hydrogens is 258 g/mol. The minimum atomic E-state index is -0.306. The molecule has 1 atom stereocenters. The Labute approximate surface area is 116 Å². The third kappa shape index (κ3) is 2.81. The van der Waals surface area contributed by atoms with Crippen LogP contribution in [0.15, 0.2) is 18.2 Å². The molecule has 6 nitrogen and oxygen atoms in total. The van der Waals surface area contributed by atoms with Crippen LogP contribution in [-0.2, 0) is 20.7 Å². The van der Waals surface area contributed by atoms with Crippen LogP contribution in [0.5, 0.6) is 0 Å². The molecule has 0 radical (unpaired) electrons. The van der Waals surface area contributed by atoms with Crippen molar-refractivity contribution in [2.75, 3.05) is 30.4 Å². The van der Waals surface area contributed by atoms with Crippen LogP contribution in [-0.4, -0.2) is 37.6 Å². The van der Waals surface area contributed by atoms with E-state index >= 15 is 0 Å². The maximum absolute atomic E-state index is 12.1. The molecule has 2 heterocycles. The highest BCUT2D eigenvalue weighted by Crippen LogP contribution is 2.25. The Morgan fingerprint density at radius 3 is 3.05 bits per heavy atom. The van der Waals surface area contributed by atoms with E-state index in [9.17, 15) is 9.59 Å². The predicted octanol–water partition coefficient (Wildman–Crippen LogP) is 0.498. The summed E-state index contributed by atoms with van der Waals surface area (Å²) in [5.41, 5.74) is 2.63. The molecule has 106 valence electrons. The van der Waals surface area contributed by atoms with Gasteiger partial charge in [0.2, 0.25) is 11.8 Å². The van der Waals surface area contributed by atoms with Crippen molar-refractivity contribution < 1.29 is 14.3 Å². The molecule has 1 fully saturated rings. The summed E-state index contributed by atoms with van der Waals surface area (Å²) in [6.45, 7) is 1.73. The van der Waals surface area contributed by atoms with E-state index in [-0.39, 0.29) is 17.9 Å². The fourth-order valence-corrected chi connectivity index (χ4v) is 2.42. The van der Waals surface area contributed by atoms with Gasteiger partial charge in [-0.15, -0.1) is 0 Å². The number of carbonyl (C=O) groups is 2. The number of amides is 2. The molecule has 2 aliphatic heterocycles. The summed E-state index contributed by atoms with van der Waals surface area (Å²) in [6.07, 6.45) is 1.19. The Hall–Kier alpha value is -1.92. The second-order valence-electron chi connectivity index (χ2n) is 4.99. The number of nitrogens with one attached hydrogen (secondary N) is 3. The van der Waals surface area contributed by atoms with Crippen molar-refractivity contribution in [1.82, 2.24) is 5.32 Å². The van der Waals surface area contributed by atoms with E-state index in [4.69, 9.17) is 4.74 Å². The van der Waals surface area contributed by atoms with E-state index in [1.165, 1.54) is 0 Å². The lowest BCUT2D eigenvalue weighted by atomic mass is 10.0. The zero-order chi connectivity index (χ0) is 13.9. The lowest BCUT2D eigenvalue weighted by Gasteiger charge is -2.23. The number of morpholine rings is 1. The Morgan fingerprint density at radius 2 is 2.25 bits per heavy atom.